The molecule has 4 aromatic rings. The van der Waals surface area contributed by atoms with E-state index >= 15 is 0 Å². The van der Waals surface area contributed by atoms with Crippen LogP contribution in [0.2, 0.25) is 5.02 Å². The van der Waals surface area contributed by atoms with E-state index in [2.05, 4.69) is 14.8 Å². The Balaban J connectivity index is 1.63. The van der Waals surface area contributed by atoms with Crippen LogP contribution < -0.4 is 21.3 Å². The molecule has 4 rings (SSSR count). The molecular weight excluding hydrogens is 544 g/mol. The van der Waals surface area contributed by atoms with Crippen LogP contribution in [0.4, 0.5) is 5.69 Å². The van der Waals surface area contributed by atoms with Gasteiger partial charge in [0.05, 0.1) is 21.3 Å². The number of benzene rings is 2. The molecule has 0 aliphatic heterocycles. The molecule has 202 valence electrons. The number of primary amides is 1. The van der Waals surface area contributed by atoms with Gasteiger partial charge in [-0.05, 0) is 56.3 Å². The van der Waals surface area contributed by atoms with Gasteiger partial charge < -0.3 is 20.4 Å². The van der Waals surface area contributed by atoms with Gasteiger partial charge in [0, 0.05) is 19.3 Å². The third-order valence-corrected chi connectivity index (χ3v) is 7.11. The van der Waals surface area contributed by atoms with Crippen molar-refractivity contribution in [3.63, 3.8) is 0 Å². The molecule has 0 atom stereocenters. The lowest BCUT2D eigenvalue weighted by Crippen LogP contribution is -2.28. The Bertz CT molecular complexity index is 1740. The molecule has 11 nitrogen and oxygen atoms in total. The van der Waals surface area contributed by atoms with Gasteiger partial charge in [-0.1, -0.05) is 29.3 Å². The molecule has 2 aromatic heterocycles. The number of halogens is 1. The molecule has 3 N–H and O–H groups in total. The summed E-state index contributed by atoms with van der Waals surface area (Å²) in [5, 5.41) is 7.19. The first-order chi connectivity index (χ1) is 18.4. The molecule has 0 unspecified atom stereocenters. The number of hydrogen-bond donors (Lipinski definition) is 2. The van der Waals surface area contributed by atoms with Crippen LogP contribution in [-0.4, -0.2) is 34.6 Å². The second kappa shape index (κ2) is 11.1. The maximum atomic E-state index is 12.8. The summed E-state index contributed by atoms with van der Waals surface area (Å²) in [6.45, 7) is 3.27. The van der Waals surface area contributed by atoms with Crippen molar-refractivity contribution in [2.75, 3.05) is 5.32 Å². The fourth-order valence-electron chi connectivity index (χ4n) is 3.65. The maximum absolute atomic E-state index is 12.8. The Morgan fingerprint density at radius 3 is 2.38 bits per heavy atom. The molecule has 0 aliphatic rings. The minimum Gasteiger partial charge on any atom is -0.456 e. The number of sulfonamides is 1. The number of nitrogens with one attached hydrogen (secondary N) is 1. The Hall–Kier alpha value is -4.42. The predicted octanol–water partition coefficient (Wildman–Crippen LogP) is 3.31. The zero-order valence-corrected chi connectivity index (χ0v) is 22.8. The molecule has 2 heterocycles. The summed E-state index contributed by atoms with van der Waals surface area (Å²) in [6.07, 6.45) is 1.40. The van der Waals surface area contributed by atoms with Crippen LogP contribution in [0.5, 0.6) is 11.5 Å². The molecule has 2 amide bonds. The first-order valence-corrected chi connectivity index (χ1v) is 13.4. The summed E-state index contributed by atoms with van der Waals surface area (Å²) in [5.74, 6) is -0.538. The quantitative estimate of drug-likeness (QED) is 0.333. The number of carbonyl (C=O) groups is 2. The fourth-order valence-corrected chi connectivity index (χ4v) is 4.81. The number of ether oxygens (including phenoxy) is 1. The van der Waals surface area contributed by atoms with Gasteiger partial charge in [0.25, 0.3) is 15.9 Å². The van der Waals surface area contributed by atoms with Crippen molar-refractivity contribution in [1.82, 2.24) is 14.3 Å². The van der Waals surface area contributed by atoms with E-state index in [1.165, 1.54) is 45.8 Å². The summed E-state index contributed by atoms with van der Waals surface area (Å²) in [7, 11) is -2.40. The van der Waals surface area contributed by atoms with Crippen molar-refractivity contribution < 1.29 is 22.7 Å². The number of rotatable bonds is 8. The molecule has 0 aliphatic carbocycles. The number of amides is 2. The maximum Gasteiger partial charge on any atom is 0.284 e. The number of nitrogens with two attached hydrogens (primary N) is 1. The van der Waals surface area contributed by atoms with Gasteiger partial charge in [-0.3, -0.25) is 14.3 Å². The van der Waals surface area contributed by atoms with Crippen LogP contribution in [0.15, 0.2) is 76.2 Å². The second-order valence-corrected chi connectivity index (χ2v) is 10.7. The molecule has 2 aromatic carbocycles. The number of carbonyl (C=O) groups excluding carboxylic acids is 2. The standard InChI is InChI=1S/C26H25ClN6O5S/c1-16-4-8-20(9-5-16)39(36,37)31-25-11-7-19(14-33(25)15-24(28)34)38-18-6-10-21(27)22(13-18)29-26(35)23-12-17(2)30-32(23)3/h4-14H,15H2,1-3H3,(H2,28,34)(H,29,35). The number of pyridine rings is 1. The van der Waals surface area contributed by atoms with E-state index in [1.54, 1.807) is 44.3 Å². The van der Waals surface area contributed by atoms with Crippen molar-refractivity contribution in [3.8, 4) is 11.5 Å². The van der Waals surface area contributed by atoms with Crippen molar-refractivity contribution in [3.05, 3.63) is 94.3 Å². The van der Waals surface area contributed by atoms with Gasteiger partial charge in [-0.25, -0.2) is 0 Å². The van der Waals surface area contributed by atoms with E-state index in [9.17, 15) is 18.0 Å². The minimum atomic E-state index is -4.06. The highest BCUT2D eigenvalue weighted by Crippen LogP contribution is 2.30. The largest absolute Gasteiger partial charge is 0.456 e. The van der Waals surface area contributed by atoms with Crippen LogP contribution in [0.1, 0.15) is 21.7 Å². The van der Waals surface area contributed by atoms with Crippen LogP contribution in [-0.2, 0) is 28.4 Å². The molecule has 0 saturated heterocycles. The molecule has 39 heavy (non-hydrogen) atoms. The summed E-state index contributed by atoms with van der Waals surface area (Å²) in [6, 6.07) is 15.4. The highest BCUT2D eigenvalue weighted by molar-refractivity contribution is 7.90. The average molecular weight is 569 g/mol. The molecule has 0 saturated carbocycles. The van der Waals surface area contributed by atoms with E-state index in [0.29, 0.717) is 22.8 Å². The van der Waals surface area contributed by atoms with E-state index in [1.807, 2.05) is 6.92 Å². The topological polar surface area (TPSA) is 151 Å². The Kier molecular flexibility index (Phi) is 7.88. The number of hydrogen-bond acceptors (Lipinski definition) is 6. The van der Waals surface area contributed by atoms with E-state index < -0.39 is 21.8 Å². The predicted molar refractivity (Wildman–Crippen MR) is 145 cm³/mol. The highest BCUT2D eigenvalue weighted by Gasteiger charge is 2.16. The third kappa shape index (κ3) is 6.72. The van der Waals surface area contributed by atoms with Crippen molar-refractivity contribution >= 4 is 39.1 Å². The lowest BCUT2D eigenvalue weighted by Gasteiger charge is -2.12. The number of anilines is 1. The van der Waals surface area contributed by atoms with Crippen LogP contribution in [0, 0.1) is 13.8 Å². The van der Waals surface area contributed by atoms with Gasteiger partial charge in [-0.15, -0.1) is 4.40 Å². The zero-order chi connectivity index (χ0) is 28.3. The monoisotopic (exact) mass is 568 g/mol. The molecule has 0 radical (unpaired) electrons. The van der Waals surface area contributed by atoms with Crippen molar-refractivity contribution in [1.29, 1.82) is 0 Å². The molecule has 0 bridgehead atoms. The van der Waals surface area contributed by atoms with Gasteiger partial charge >= 0.3 is 0 Å². The van der Waals surface area contributed by atoms with Crippen molar-refractivity contribution in [2.45, 2.75) is 25.3 Å². The number of aromatic nitrogens is 3. The van der Waals surface area contributed by atoms with E-state index in [0.717, 1.165) is 5.56 Å². The third-order valence-electron chi connectivity index (χ3n) is 5.49. The van der Waals surface area contributed by atoms with Crippen LogP contribution in [0.25, 0.3) is 0 Å². The van der Waals surface area contributed by atoms with Gasteiger partial charge in [0.1, 0.15) is 29.2 Å². The van der Waals surface area contributed by atoms with Gasteiger partial charge in [0.15, 0.2) is 0 Å². The first kappa shape index (κ1) is 27.6. The lowest BCUT2D eigenvalue weighted by molar-refractivity contribution is -0.118. The van der Waals surface area contributed by atoms with E-state index in [4.69, 9.17) is 22.1 Å². The normalized spacial score (nSPS) is 11.8. The highest BCUT2D eigenvalue weighted by atomic mass is 35.5. The van der Waals surface area contributed by atoms with Gasteiger partial charge in [0.2, 0.25) is 5.91 Å². The molecule has 0 fully saturated rings. The molecule has 13 heteroatoms. The zero-order valence-electron chi connectivity index (χ0n) is 21.3. The summed E-state index contributed by atoms with van der Waals surface area (Å²) < 4.78 is 38.2. The van der Waals surface area contributed by atoms with E-state index in [-0.39, 0.29) is 27.7 Å². The SMILES string of the molecule is Cc1ccc(S(=O)(=O)N=c2ccc(Oc3ccc(Cl)c(NC(=O)c4cc(C)nn4C)c3)cn2CC(N)=O)cc1. The van der Waals surface area contributed by atoms with Crippen LogP contribution in [0.3, 0.4) is 0 Å². The van der Waals surface area contributed by atoms with Gasteiger partial charge in [-0.2, -0.15) is 13.5 Å². The number of aryl methyl sites for hydroxylation is 3. The Morgan fingerprint density at radius 1 is 1.05 bits per heavy atom. The first-order valence-electron chi connectivity index (χ1n) is 11.6. The van der Waals surface area contributed by atoms with Crippen molar-refractivity contribution in [2.24, 2.45) is 17.2 Å². The smallest absolute Gasteiger partial charge is 0.284 e. The fraction of sp³-hybridized carbons (Fsp3) is 0.154. The summed E-state index contributed by atoms with van der Waals surface area (Å²) in [5.41, 5.74) is 7.61. The minimum absolute atomic E-state index is 0.0103. The molecular formula is C26H25ClN6O5S. The average Bonchev–Trinajstić information content (AvgIpc) is 3.20. The van der Waals surface area contributed by atoms with Crippen LogP contribution >= 0.6 is 11.6 Å². The molecule has 0 spiro atoms. The lowest BCUT2D eigenvalue weighted by atomic mass is 10.2. The Morgan fingerprint density at radius 2 is 1.74 bits per heavy atom. The Labute approximate surface area is 229 Å². The summed E-state index contributed by atoms with van der Waals surface area (Å²) >= 11 is 6.28. The number of nitrogens with zero attached hydrogens (tertiary/aromatic N) is 4. The summed E-state index contributed by atoms with van der Waals surface area (Å²) in [4.78, 5) is 24.4. The second-order valence-electron chi connectivity index (χ2n) is 8.69.